The molecule has 1 aromatic carbocycles. The number of amides is 1. The average Bonchev–Trinajstić information content (AvgIpc) is 2.90. The summed E-state index contributed by atoms with van der Waals surface area (Å²) in [5.41, 5.74) is 0.553. The fourth-order valence-corrected chi connectivity index (χ4v) is 3.42. The van der Waals surface area contributed by atoms with E-state index in [2.05, 4.69) is 0 Å². The molecule has 4 nitrogen and oxygen atoms in total. The predicted molar refractivity (Wildman–Crippen MR) is 96.8 cm³/mol. The second-order valence-corrected chi connectivity index (χ2v) is 8.11. The molecule has 2 rings (SSSR count). The molecular weight excluding hydrogens is 349 g/mol. The molecule has 1 fully saturated rings. The molecule has 6 heteroatoms. The van der Waals surface area contributed by atoms with Gasteiger partial charge in [0, 0.05) is 25.6 Å². The largest absolute Gasteiger partial charge is 0.444 e. The molecule has 0 bridgehead atoms. The van der Waals surface area contributed by atoms with Crippen molar-refractivity contribution in [3.05, 3.63) is 33.8 Å². The van der Waals surface area contributed by atoms with Crippen molar-refractivity contribution in [1.82, 2.24) is 4.90 Å². The van der Waals surface area contributed by atoms with Crippen LogP contribution in [0.1, 0.15) is 45.1 Å². The SMILES string of the molecule is CC(C)(C)OC(=O)N1CC(CCCO)C(c2ccc(Cl)c(Cl)c2)C1. The highest BCUT2D eigenvalue weighted by atomic mass is 35.5. The van der Waals surface area contributed by atoms with Crippen LogP contribution in [0, 0.1) is 5.92 Å². The van der Waals surface area contributed by atoms with Gasteiger partial charge in [0.2, 0.25) is 0 Å². The van der Waals surface area contributed by atoms with Gasteiger partial charge < -0.3 is 14.7 Å². The maximum absolute atomic E-state index is 12.4. The van der Waals surface area contributed by atoms with Gasteiger partial charge in [0.15, 0.2) is 0 Å². The number of ether oxygens (including phenoxy) is 1. The Hall–Kier alpha value is -0.970. The summed E-state index contributed by atoms with van der Waals surface area (Å²) in [5, 5.41) is 10.2. The van der Waals surface area contributed by atoms with Crippen LogP contribution in [0.2, 0.25) is 10.0 Å². The Morgan fingerprint density at radius 3 is 2.58 bits per heavy atom. The van der Waals surface area contributed by atoms with Crippen molar-refractivity contribution in [2.24, 2.45) is 5.92 Å². The van der Waals surface area contributed by atoms with Crippen LogP contribution in [0.25, 0.3) is 0 Å². The minimum absolute atomic E-state index is 0.150. The van der Waals surface area contributed by atoms with Gasteiger partial charge >= 0.3 is 6.09 Å². The van der Waals surface area contributed by atoms with Gasteiger partial charge in [0.25, 0.3) is 0 Å². The molecule has 0 aromatic heterocycles. The van der Waals surface area contributed by atoms with Crippen molar-refractivity contribution < 1.29 is 14.6 Å². The zero-order valence-corrected chi connectivity index (χ0v) is 15.9. The van der Waals surface area contributed by atoms with Crippen LogP contribution in [0.5, 0.6) is 0 Å². The second-order valence-electron chi connectivity index (χ2n) is 7.29. The van der Waals surface area contributed by atoms with Gasteiger partial charge in [0.1, 0.15) is 5.60 Å². The molecule has 1 aliphatic rings. The van der Waals surface area contributed by atoms with Crippen molar-refractivity contribution >= 4 is 29.3 Å². The van der Waals surface area contributed by atoms with Crippen LogP contribution < -0.4 is 0 Å². The summed E-state index contributed by atoms with van der Waals surface area (Å²) >= 11 is 12.2. The molecule has 0 spiro atoms. The molecule has 0 aliphatic carbocycles. The highest BCUT2D eigenvalue weighted by Gasteiger charge is 2.37. The highest BCUT2D eigenvalue weighted by molar-refractivity contribution is 6.42. The lowest BCUT2D eigenvalue weighted by Crippen LogP contribution is -2.35. The van der Waals surface area contributed by atoms with E-state index in [1.165, 1.54) is 0 Å². The first-order chi connectivity index (χ1) is 11.2. The number of aliphatic hydroxyl groups excluding tert-OH is 1. The molecule has 1 N–H and O–H groups in total. The number of hydrogen-bond donors (Lipinski definition) is 1. The summed E-state index contributed by atoms with van der Waals surface area (Å²) in [4.78, 5) is 14.1. The van der Waals surface area contributed by atoms with Crippen molar-refractivity contribution in [2.75, 3.05) is 19.7 Å². The first kappa shape index (κ1) is 19.4. The van der Waals surface area contributed by atoms with Crippen molar-refractivity contribution in [3.63, 3.8) is 0 Å². The Labute approximate surface area is 153 Å². The number of carbonyl (C=O) groups excluding carboxylic acids is 1. The van der Waals surface area contributed by atoms with E-state index >= 15 is 0 Å². The number of benzene rings is 1. The molecular formula is C18H25Cl2NO3. The fraction of sp³-hybridized carbons (Fsp3) is 0.611. The lowest BCUT2D eigenvalue weighted by atomic mass is 9.86. The van der Waals surface area contributed by atoms with Crippen molar-refractivity contribution in [2.45, 2.75) is 45.1 Å². The first-order valence-corrected chi connectivity index (χ1v) is 9.00. The quantitative estimate of drug-likeness (QED) is 0.830. The summed E-state index contributed by atoms with van der Waals surface area (Å²) in [7, 11) is 0. The molecule has 2 atom stereocenters. The van der Waals surface area contributed by atoms with Gasteiger partial charge in [-0.25, -0.2) is 4.79 Å². The Bertz CT molecular complexity index is 586. The molecule has 1 aromatic rings. The number of nitrogens with zero attached hydrogens (tertiary/aromatic N) is 1. The second kappa shape index (κ2) is 7.94. The van der Waals surface area contributed by atoms with Gasteiger partial charge in [-0.1, -0.05) is 29.3 Å². The first-order valence-electron chi connectivity index (χ1n) is 8.25. The monoisotopic (exact) mass is 373 g/mol. The van der Waals surface area contributed by atoms with E-state index < -0.39 is 5.60 Å². The molecule has 0 radical (unpaired) electrons. The highest BCUT2D eigenvalue weighted by Crippen LogP contribution is 2.38. The molecule has 1 saturated heterocycles. The Morgan fingerprint density at radius 1 is 1.29 bits per heavy atom. The van der Waals surface area contributed by atoms with E-state index in [0.717, 1.165) is 12.0 Å². The average molecular weight is 374 g/mol. The molecule has 134 valence electrons. The van der Waals surface area contributed by atoms with E-state index in [0.29, 0.717) is 29.6 Å². The topological polar surface area (TPSA) is 49.8 Å². The van der Waals surface area contributed by atoms with Crippen molar-refractivity contribution in [3.8, 4) is 0 Å². The lowest BCUT2D eigenvalue weighted by Gasteiger charge is -2.24. The third-order valence-electron chi connectivity index (χ3n) is 4.20. The van der Waals surface area contributed by atoms with Gasteiger partial charge in [-0.3, -0.25) is 0 Å². The zero-order valence-electron chi connectivity index (χ0n) is 14.4. The summed E-state index contributed by atoms with van der Waals surface area (Å²) < 4.78 is 5.49. The lowest BCUT2D eigenvalue weighted by molar-refractivity contribution is 0.0286. The summed E-state index contributed by atoms with van der Waals surface area (Å²) in [6, 6.07) is 5.63. The Kier molecular flexibility index (Phi) is 6.40. The van der Waals surface area contributed by atoms with Crippen LogP contribution in [-0.2, 0) is 4.74 Å². The summed E-state index contributed by atoms with van der Waals surface area (Å²) in [5.74, 6) is 0.431. The number of carbonyl (C=O) groups is 1. The standard InChI is InChI=1S/C18H25Cl2NO3/c1-18(2,3)24-17(23)21-10-13(5-4-8-22)14(11-21)12-6-7-15(19)16(20)9-12/h6-7,9,13-14,22H,4-5,8,10-11H2,1-3H3. The van der Waals surface area contributed by atoms with Gasteiger partial charge in [-0.15, -0.1) is 0 Å². The smallest absolute Gasteiger partial charge is 0.410 e. The van der Waals surface area contributed by atoms with E-state index in [9.17, 15) is 4.79 Å². The number of hydrogen-bond acceptors (Lipinski definition) is 3. The van der Waals surface area contributed by atoms with E-state index in [1.54, 1.807) is 11.0 Å². The zero-order chi connectivity index (χ0) is 17.9. The number of aliphatic hydroxyl groups is 1. The molecule has 2 unspecified atom stereocenters. The van der Waals surface area contributed by atoms with Gasteiger partial charge in [-0.05, 0) is 57.2 Å². The molecule has 1 amide bonds. The molecule has 24 heavy (non-hydrogen) atoms. The van der Waals surface area contributed by atoms with E-state index in [4.69, 9.17) is 33.0 Å². The molecule has 1 heterocycles. The predicted octanol–water partition coefficient (Wildman–Crippen LogP) is 4.72. The Balaban J connectivity index is 2.17. The minimum atomic E-state index is -0.515. The Morgan fingerprint density at radius 2 is 2.00 bits per heavy atom. The normalized spacial score (nSPS) is 21.2. The number of likely N-dealkylation sites (tertiary alicyclic amines) is 1. The third-order valence-corrected chi connectivity index (χ3v) is 4.94. The van der Waals surface area contributed by atoms with Crippen molar-refractivity contribution in [1.29, 1.82) is 0 Å². The van der Waals surface area contributed by atoms with Crippen LogP contribution in [0.15, 0.2) is 18.2 Å². The summed E-state index contributed by atoms with van der Waals surface area (Å²) in [6.45, 7) is 6.95. The maximum atomic E-state index is 12.4. The molecule has 1 aliphatic heterocycles. The maximum Gasteiger partial charge on any atom is 0.410 e. The summed E-state index contributed by atoms with van der Waals surface area (Å²) in [6.07, 6.45) is 1.27. The third kappa shape index (κ3) is 5.01. The van der Waals surface area contributed by atoms with Crippen LogP contribution in [0.4, 0.5) is 4.79 Å². The van der Waals surface area contributed by atoms with Gasteiger partial charge in [0.05, 0.1) is 10.0 Å². The van der Waals surface area contributed by atoms with Gasteiger partial charge in [-0.2, -0.15) is 0 Å². The van der Waals surface area contributed by atoms with E-state index in [1.807, 2.05) is 32.9 Å². The minimum Gasteiger partial charge on any atom is -0.444 e. The molecule has 0 saturated carbocycles. The van der Waals surface area contributed by atoms with Crippen LogP contribution in [-0.4, -0.2) is 41.4 Å². The van der Waals surface area contributed by atoms with Crippen LogP contribution in [0.3, 0.4) is 0 Å². The van der Waals surface area contributed by atoms with Crippen LogP contribution >= 0.6 is 23.2 Å². The number of rotatable bonds is 4. The fourth-order valence-electron chi connectivity index (χ4n) is 3.11. The van der Waals surface area contributed by atoms with E-state index in [-0.39, 0.29) is 24.5 Å². The number of halogens is 2.